The molecule has 0 radical (unpaired) electrons. The van der Waals surface area contributed by atoms with Crippen LogP contribution in [0.25, 0.3) is 239 Å². The van der Waals surface area contributed by atoms with E-state index in [0.717, 1.165) is 170 Å². The first-order valence-electron chi connectivity index (χ1n) is 41.2. The average molecular weight is 1650 g/mol. The van der Waals surface area contributed by atoms with Crippen molar-refractivity contribution in [2.24, 2.45) is 0 Å². The van der Waals surface area contributed by atoms with E-state index in [1.807, 2.05) is 18.2 Å². The molecule has 0 aliphatic rings. The maximum Gasteiger partial charge on any atom is 0.161 e. The van der Waals surface area contributed by atoms with Crippen LogP contribution in [0.4, 0.5) is 0 Å². The van der Waals surface area contributed by atoms with Crippen molar-refractivity contribution in [1.29, 1.82) is 0 Å². The van der Waals surface area contributed by atoms with E-state index in [1.165, 1.54) is 51.5 Å². The van der Waals surface area contributed by atoms with Crippen molar-refractivity contribution < 1.29 is 0 Å². The summed E-state index contributed by atoms with van der Waals surface area (Å²) < 4.78 is 4.79. The minimum absolute atomic E-state index is 0.710. The number of aromatic nitrogens is 8. The van der Waals surface area contributed by atoms with E-state index in [9.17, 15) is 0 Å². The van der Waals surface area contributed by atoms with Crippen LogP contribution in [0, 0.1) is 0 Å². The first-order valence-corrected chi connectivity index (χ1v) is 44.5. The molecule has 0 aliphatic heterocycles. The number of hydrogen-bond acceptors (Lipinski definition) is 12. The van der Waals surface area contributed by atoms with Crippen LogP contribution < -0.4 is 0 Å². The predicted molar refractivity (Wildman–Crippen MR) is 523 cm³/mol. The molecule has 0 saturated carbocycles. The van der Waals surface area contributed by atoms with Gasteiger partial charge in [0.2, 0.25) is 0 Å². The first kappa shape index (κ1) is 73.8. The zero-order valence-corrected chi connectivity index (χ0v) is 69.7. The van der Waals surface area contributed by atoms with Gasteiger partial charge in [-0.2, -0.15) is 0 Å². The predicted octanol–water partition coefficient (Wildman–Crippen LogP) is 31.3. The van der Waals surface area contributed by atoms with Gasteiger partial charge in [-0.1, -0.05) is 352 Å². The van der Waals surface area contributed by atoms with Crippen molar-refractivity contribution in [3.05, 3.63) is 413 Å². The topological polar surface area (TPSA) is 103 Å². The highest BCUT2D eigenvalue weighted by atomic mass is 32.1. The summed E-state index contributed by atoms with van der Waals surface area (Å²) in [4.78, 5) is 46.1. The lowest BCUT2D eigenvalue weighted by atomic mass is 9.96. The van der Waals surface area contributed by atoms with E-state index in [-0.39, 0.29) is 0 Å². The Hall–Kier alpha value is -15.3. The average Bonchev–Trinajstić information content (AvgIpc) is 1.50. The second-order valence-electron chi connectivity index (χ2n) is 30.8. The third kappa shape index (κ3) is 13.9. The summed E-state index contributed by atoms with van der Waals surface area (Å²) in [7, 11) is 0. The van der Waals surface area contributed by atoms with E-state index in [4.69, 9.17) is 39.9 Å². The van der Waals surface area contributed by atoms with Gasteiger partial charge in [-0.25, -0.2) is 39.9 Å². The van der Waals surface area contributed by atoms with Crippen LogP contribution >= 0.6 is 45.3 Å². The minimum Gasteiger partial charge on any atom is -0.227 e. The smallest absolute Gasteiger partial charge is 0.161 e. The molecule has 16 aromatic carbocycles. The third-order valence-corrected chi connectivity index (χ3v) is 27.4. The van der Waals surface area contributed by atoms with Crippen molar-refractivity contribution >= 4 is 127 Å². The summed E-state index contributed by atoms with van der Waals surface area (Å²) in [6.45, 7) is 0. The van der Waals surface area contributed by atoms with Crippen LogP contribution in [0.2, 0.25) is 0 Å². The van der Waals surface area contributed by atoms with Gasteiger partial charge in [0, 0.05) is 106 Å². The lowest BCUT2D eigenvalue weighted by Crippen LogP contribution is -1.95. The molecule has 8 aromatic heterocycles. The van der Waals surface area contributed by atoms with Crippen LogP contribution in [0.1, 0.15) is 0 Å². The number of benzene rings is 16. The second-order valence-corrected chi connectivity index (χ2v) is 34.9. The molecule has 0 spiro atoms. The summed E-state index contributed by atoms with van der Waals surface area (Å²) in [6.07, 6.45) is 0. The van der Waals surface area contributed by atoms with Crippen molar-refractivity contribution in [2.75, 3.05) is 0 Å². The number of fused-ring (bicyclic) bond motifs is 12. The Morgan fingerprint density at radius 1 is 0.129 bits per heavy atom. The zero-order chi connectivity index (χ0) is 82.0. The highest BCUT2D eigenvalue weighted by Gasteiger charge is 2.24. The largest absolute Gasteiger partial charge is 0.227 e. The van der Waals surface area contributed by atoms with Crippen LogP contribution in [0.5, 0.6) is 0 Å². The van der Waals surface area contributed by atoms with Crippen molar-refractivity contribution in [1.82, 2.24) is 39.9 Å². The van der Waals surface area contributed by atoms with Crippen LogP contribution in [0.3, 0.4) is 0 Å². The van der Waals surface area contributed by atoms with Crippen LogP contribution in [0.15, 0.2) is 413 Å². The van der Waals surface area contributed by atoms with Crippen molar-refractivity contribution in [3.8, 4) is 157 Å². The Morgan fingerprint density at radius 2 is 0.306 bits per heavy atom. The Balaban J connectivity index is 0.000000146. The van der Waals surface area contributed by atoms with Crippen LogP contribution in [-0.2, 0) is 0 Å². The molecule has 0 atom stereocenters. The van der Waals surface area contributed by atoms with Gasteiger partial charge < -0.3 is 0 Å². The molecule has 124 heavy (non-hydrogen) atoms. The molecule has 0 unspecified atom stereocenters. The van der Waals surface area contributed by atoms with Crippen molar-refractivity contribution in [3.63, 3.8) is 0 Å². The first-order chi connectivity index (χ1) is 61.4. The molecular formula is C112H68N8S4. The Labute approximate surface area is 730 Å². The fourth-order valence-electron chi connectivity index (χ4n) is 17.0. The lowest BCUT2D eigenvalue weighted by Gasteiger charge is -2.11. The maximum absolute atomic E-state index is 5.39. The molecule has 24 rings (SSSR count). The Morgan fingerprint density at radius 3 is 0.573 bits per heavy atom. The molecule has 580 valence electrons. The molecule has 0 bridgehead atoms. The molecule has 12 heteroatoms. The molecular weight excluding hydrogens is 1590 g/mol. The van der Waals surface area contributed by atoms with Crippen LogP contribution in [-0.4, -0.2) is 39.9 Å². The summed E-state index contributed by atoms with van der Waals surface area (Å²) >= 11 is 6.87. The van der Waals surface area contributed by atoms with Gasteiger partial charge in [-0.05, 0) is 127 Å². The van der Waals surface area contributed by atoms with Gasteiger partial charge in [0.05, 0.1) is 22.8 Å². The third-order valence-electron chi connectivity index (χ3n) is 23.1. The highest BCUT2D eigenvalue weighted by molar-refractivity contribution is 7.26. The molecule has 0 aliphatic carbocycles. The number of rotatable bonds is 14. The summed E-state index contributed by atoms with van der Waals surface area (Å²) in [5, 5.41) is 9.03. The van der Waals surface area contributed by atoms with Gasteiger partial charge in [0.1, 0.15) is 19.3 Å². The van der Waals surface area contributed by atoms with E-state index >= 15 is 0 Å². The molecule has 8 nitrogen and oxygen atoms in total. The summed E-state index contributed by atoms with van der Waals surface area (Å²) in [6, 6.07) is 145. The fraction of sp³-hybridized carbons (Fsp3) is 0. The van der Waals surface area contributed by atoms with E-state index in [2.05, 4.69) is 394 Å². The normalized spacial score (nSPS) is 11.5. The molecule has 0 fully saturated rings. The van der Waals surface area contributed by atoms with E-state index in [0.29, 0.717) is 17.5 Å². The number of thiophene rings is 4. The SMILES string of the molecule is c1ccc(-c2cccc(-c3nc(-c4ccc(-c5cccc(-c6cccc(-c7nc(-c8cccc(-c9ccccc9)c8)c8c(n7)sc7ccccc78)c6)c5)cc4)c4c(n3)sc3ccccc34)c2)cc1.c1ccc(-c2cccc(-c3nc(-c4ccc(-c5nc(-c6cccc(-c7ccccc7)c6)nc6sc7ccccc7c56)cc4)c4c(n3)sc3ccccc34)c2)cc1. The molecule has 24 aromatic rings. The standard InChI is InChI=1S/C62H38N4S2.C50H30N4S2/c1-3-15-39(16-4-1)44-20-12-24-48(36-44)58-56-52-28-8-10-30-54(52)68-62(56)66-60(64-58)50-26-14-23-47(38-50)46-22-11-19-43(35-46)41-31-33-42(34-32-41)57-55-51-27-7-9-29-53(51)67-61(55)65-59(63-57)49-25-13-21-45(37-49)40-17-5-2-6-18-40;1-3-13-31(14-4-1)35-17-11-19-37(29-35)47-51-45(43-39-21-7-9-23-41(39)55-49(43)53-47)33-25-27-34(28-26-33)46-44-40-22-8-10-24-42(40)56-50(44)54-48(52-46)38-20-12-18-36(30-38)32-15-5-2-6-16-32/h1-38H;1-30H. The van der Waals surface area contributed by atoms with Gasteiger partial charge in [-0.15, -0.1) is 45.3 Å². The molecule has 0 saturated heterocycles. The second kappa shape index (κ2) is 31.7. The number of nitrogens with zero attached hydrogens (tertiary/aromatic N) is 8. The van der Waals surface area contributed by atoms with Gasteiger partial charge in [-0.3, -0.25) is 0 Å². The van der Waals surface area contributed by atoms with Gasteiger partial charge >= 0.3 is 0 Å². The summed E-state index contributed by atoms with van der Waals surface area (Å²) in [5.74, 6) is 2.86. The van der Waals surface area contributed by atoms with E-state index in [1.54, 1.807) is 45.3 Å². The maximum atomic E-state index is 5.39. The number of hydrogen-bond donors (Lipinski definition) is 0. The molecule has 0 amide bonds. The van der Waals surface area contributed by atoms with E-state index < -0.39 is 0 Å². The quantitative estimate of drug-likeness (QED) is 0.106. The van der Waals surface area contributed by atoms with Gasteiger partial charge in [0.25, 0.3) is 0 Å². The molecule has 8 heterocycles. The van der Waals surface area contributed by atoms with Gasteiger partial charge in [0.15, 0.2) is 23.3 Å². The minimum atomic E-state index is 0.710. The summed E-state index contributed by atoms with van der Waals surface area (Å²) in [5.41, 5.74) is 25.6. The molecule has 0 N–H and O–H groups in total. The zero-order valence-electron chi connectivity index (χ0n) is 66.5. The fourth-order valence-corrected chi connectivity index (χ4v) is 21.4. The Kier molecular flexibility index (Phi) is 18.9. The highest BCUT2D eigenvalue weighted by Crippen LogP contribution is 2.47. The monoisotopic (exact) mass is 1650 g/mol. The lowest BCUT2D eigenvalue weighted by molar-refractivity contribution is 1.24. The Bertz CT molecular complexity index is 8010. The van der Waals surface area contributed by atoms with Crippen molar-refractivity contribution in [2.45, 2.75) is 0 Å².